The predicted octanol–water partition coefficient (Wildman–Crippen LogP) is 2.71. The van der Waals surface area contributed by atoms with E-state index in [4.69, 9.17) is 4.74 Å². The van der Waals surface area contributed by atoms with E-state index in [0.717, 1.165) is 18.4 Å². The van der Waals surface area contributed by atoms with E-state index in [0.29, 0.717) is 32.3 Å². The van der Waals surface area contributed by atoms with Gasteiger partial charge in [-0.15, -0.1) is 0 Å². The molecule has 1 aliphatic carbocycles. The maximum absolute atomic E-state index is 12.3. The largest absolute Gasteiger partial charge is 0.465 e. The minimum atomic E-state index is -0.919. The maximum Gasteiger partial charge on any atom is 0.319 e. The number of esters is 1. The molecule has 1 fully saturated rings. The van der Waals surface area contributed by atoms with Crippen LogP contribution in [0.15, 0.2) is 24.5 Å². The second-order valence-electron chi connectivity index (χ2n) is 5.29. The van der Waals surface area contributed by atoms with Crippen molar-refractivity contribution in [3.8, 4) is 0 Å². The minimum absolute atomic E-state index is 0.0521. The van der Waals surface area contributed by atoms with Crippen molar-refractivity contribution in [3.05, 3.63) is 30.1 Å². The van der Waals surface area contributed by atoms with Crippen LogP contribution in [-0.2, 0) is 20.7 Å². The van der Waals surface area contributed by atoms with Crippen molar-refractivity contribution in [1.29, 1.82) is 0 Å². The van der Waals surface area contributed by atoms with E-state index in [1.807, 2.05) is 12.1 Å². The summed E-state index contributed by atoms with van der Waals surface area (Å²) in [4.78, 5) is 28.6. The summed E-state index contributed by atoms with van der Waals surface area (Å²) >= 11 is 0. The summed E-state index contributed by atoms with van der Waals surface area (Å²) < 4.78 is 5.17. The molecule has 20 heavy (non-hydrogen) atoms. The third-order valence-corrected chi connectivity index (χ3v) is 4.05. The molecule has 1 aromatic heterocycles. The maximum atomic E-state index is 12.3. The third-order valence-electron chi connectivity index (χ3n) is 4.05. The van der Waals surface area contributed by atoms with Crippen LogP contribution in [0.25, 0.3) is 0 Å². The van der Waals surface area contributed by atoms with Crippen molar-refractivity contribution in [1.82, 2.24) is 4.98 Å². The summed E-state index contributed by atoms with van der Waals surface area (Å²) in [6.45, 7) is 2.10. The molecule has 0 aliphatic heterocycles. The molecule has 0 radical (unpaired) electrons. The van der Waals surface area contributed by atoms with Crippen molar-refractivity contribution in [2.24, 2.45) is 5.41 Å². The smallest absolute Gasteiger partial charge is 0.319 e. The lowest BCUT2D eigenvalue weighted by Gasteiger charge is -2.33. The first-order valence-electron chi connectivity index (χ1n) is 7.28. The van der Waals surface area contributed by atoms with Gasteiger partial charge in [-0.3, -0.25) is 14.6 Å². The number of pyridine rings is 1. The molecule has 1 aromatic rings. The zero-order valence-electron chi connectivity index (χ0n) is 11.9. The van der Waals surface area contributed by atoms with Gasteiger partial charge in [-0.05, 0) is 50.3 Å². The molecular weight excluding hydrogens is 254 g/mol. The van der Waals surface area contributed by atoms with E-state index < -0.39 is 5.41 Å². The summed E-state index contributed by atoms with van der Waals surface area (Å²) in [5.74, 6) is -0.282. The van der Waals surface area contributed by atoms with E-state index in [1.165, 1.54) is 0 Å². The van der Waals surface area contributed by atoms with Crippen LogP contribution in [0, 0.1) is 5.41 Å². The number of aromatic nitrogens is 1. The second kappa shape index (κ2) is 6.64. The molecule has 0 saturated heterocycles. The molecule has 0 amide bonds. The van der Waals surface area contributed by atoms with Gasteiger partial charge in [0.2, 0.25) is 0 Å². The van der Waals surface area contributed by atoms with Gasteiger partial charge in [0.15, 0.2) is 0 Å². The lowest BCUT2D eigenvalue weighted by Crippen LogP contribution is -2.43. The highest BCUT2D eigenvalue weighted by atomic mass is 16.5. The van der Waals surface area contributed by atoms with E-state index in [2.05, 4.69) is 4.98 Å². The topological polar surface area (TPSA) is 56.3 Å². The number of rotatable bonds is 5. The van der Waals surface area contributed by atoms with Crippen molar-refractivity contribution < 1.29 is 14.3 Å². The summed E-state index contributed by atoms with van der Waals surface area (Å²) in [5.41, 5.74) is 0.180. The van der Waals surface area contributed by atoms with Crippen LogP contribution < -0.4 is 0 Å². The van der Waals surface area contributed by atoms with Crippen LogP contribution in [0.5, 0.6) is 0 Å². The van der Waals surface area contributed by atoms with Gasteiger partial charge in [0, 0.05) is 18.8 Å². The average molecular weight is 275 g/mol. The van der Waals surface area contributed by atoms with Crippen LogP contribution >= 0.6 is 0 Å². The SMILES string of the molecule is CCOC(=O)C1(CCc2ccncc2)CCCCC1=O. The number of aryl methyl sites for hydroxylation is 1. The first-order chi connectivity index (χ1) is 9.69. The fraction of sp³-hybridized carbons (Fsp3) is 0.562. The molecule has 4 nitrogen and oxygen atoms in total. The molecule has 0 N–H and O–H groups in total. The standard InChI is InChI=1S/C16H21NO3/c1-2-20-15(19)16(9-4-3-5-14(16)18)10-6-13-7-11-17-12-8-13/h7-8,11-12H,2-6,9-10H2,1H3. The van der Waals surface area contributed by atoms with Crippen LogP contribution in [0.3, 0.4) is 0 Å². The normalized spacial score (nSPS) is 22.6. The fourth-order valence-corrected chi connectivity index (χ4v) is 2.85. The van der Waals surface area contributed by atoms with Gasteiger partial charge in [0.1, 0.15) is 11.2 Å². The van der Waals surface area contributed by atoms with E-state index in [-0.39, 0.29) is 11.8 Å². The summed E-state index contributed by atoms with van der Waals surface area (Å²) in [7, 11) is 0. The van der Waals surface area contributed by atoms with E-state index >= 15 is 0 Å². The molecule has 1 aliphatic rings. The molecule has 1 heterocycles. The number of ketones is 1. The Morgan fingerprint density at radius 3 is 2.75 bits per heavy atom. The minimum Gasteiger partial charge on any atom is -0.465 e. The Hall–Kier alpha value is -1.71. The zero-order chi connectivity index (χ0) is 14.4. The van der Waals surface area contributed by atoms with Gasteiger partial charge >= 0.3 is 5.97 Å². The quantitative estimate of drug-likeness (QED) is 0.612. The zero-order valence-corrected chi connectivity index (χ0v) is 11.9. The van der Waals surface area contributed by atoms with Crippen molar-refractivity contribution in [2.45, 2.75) is 45.4 Å². The molecule has 4 heteroatoms. The third kappa shape index (κ3) is 3.06. The van der Waals surface area contributed by atoms with Gasteiger partial charge in [-0.25, -0.2) is 0 Å². The summed E-state index contributed by atoms with van der Waals surface area (Å²) in [6, 6.07) is 3.85. The number of hydrogen-bond donors (Lipinski definition) is 0. The van der Waals surface area contributed by atoms with Crippen molar-refractivity contribution in [2.75, 3.05) is 6.61 Å². The molecule has 1 atom stereocenters. The summed E-state index contributed by atoms with van der Waals surface area (Å²) in [6.07, 6.45) is 7.62. The van der Waals surface area contributed by atoms with Crippen molar-refractivity contribution in [3.63, 3.8) is 0 Å². The Kier molecular flexibility index (Phi) is 4.88. The molecule has 0 bridgehead atoms. The molecule has 2 rings (SSSR count). The summed E-state index contributed by atoms with van der Waals surface area (Å²) in [5, 5.41) is 0. The van der Waals surface area contributed by atoms with Gasteiger partial charge < -0.3 is 4.74 Å². The lowest BCUT2D eigenvalue weighted by atomic mass is 9.69. The monoisotopic (exact) mass is 275 g/mol. The van der Waals surface area contributed by atoms with Gasteiger partial charge in [0.05, 0.1) is 6.61 Å². The highest BCUT2D eigenvalue weighted by Crippen LogP contribution is 2.38. The Bertz CT molecular complexity index is 472. The molecule has 0 spiro atoms. The molecule has 0 aromatic carbocycles. The number of hydrogen-bond acceptors (Lipinski definition) is 4. The molecule has 108 valence electrons. The average Bonchev–Trinajstić information content (AvgIpc) is 2.48. The Morgan fingerprint density at radius 1 is 1.35 bits per heavy atom. The fourth-order valence-electron chi connectivity index (χ4n) is 2.85. The van der Waals surface area contributed by atoms with E-state index in [1.54, 1.807) is 19.3 Å². The second-order valence-corrected chi connectivity index (χ2v) is 5.29. The Balaban J connectivity index is 2.14. The lowest BCUT2D eigenvalue weighted by molar-refractivity contribution is -0.162. The number of carbonyl (C=O) groups excluding carboxylic acids is 2. The van der Waals surface area contributed by atoms with Crippen LogP contribution in [0.1, 0.15) is 44.6 Å². The van der Waals surface area contributed by atoms with Crippen LogP contribution in [0.4, 0.5) is 0 Å². The van der Waals surface area contributed by atoms with Gasteiger partial charge in [-0.1, -0.05) is 6.42 Å². The number of ether oxygens (including phenoxy) is 1. The van der Waals surface area contributed by atoms with Crippen LogP contribution in [0.2, 0.25) is 0 Å². The van der Waals surface area contributed by atoms with Gasteiger partial charge in [-0.2, -0.15) is 0 Å². The first kappa shape index (κ1) is 14.7. The molecular formula is C16H21NO3. The van der Waals surface area contributed by atoms with Gasteiger partial charge in [0.25, 0.3) is 0 Å². The molecule has 1 unspecified atom stereocenters. The Labute approximate surface area is 119 Å². The molecule has 1 saturated carbocycles. The van der Waals surface area contributed by atoms with Crippen LogP contribution in [-0.4, -0.2) is 23.3 Å². The highest BCUT2D eigenvalue weighted by Gasteiger charge is 2.47. The predicted molar refractivity (Wildman–Crippen MR) is 75.1 cm³/mol. The Morgan fingerprint density at radius 2 is 2.10 bits per heavy atom. The van der Waals surface area contributed by atoms with Crippen molar-refractivity contribution >= 4 is 11.8 Å². The number of nitrogens with zero attached hydrogens (tertiary/aromatic N) is 1. The van der Waals surface area contributed by atoms with E-state index in [9.17, 15) is 9.59 Å². The highest BCUT2D eigenvalue weighted by molar-refractivity contribution is 6.04. The first-order valence-corrected chi connectivity index (χ1v) is 7.28. The number of Topliss-reactive ketones (excluding diaryl/α,β-unsaturated/α-hetero) is 1. The number of carbonyl (C=O) groups is 2.